The minimum absolute atomic E-state index is 0.307. The van der Waals surface area contributed by atoms with Crippen LogP contribution in [0.3, 0.4) is 0 Å². The van der Waals surface area contributed by atoms with E-state index in [4.69, 9.17) is 4.74 Å². The molecule has 146 valence electrons. The maximum Gasteiger partial charge on any atom is 0.323 e. The molecule has 4 rings (SSSR count). The maximum atomic E-state index is 12.6. The van der Waals surface area contributed by atoms with Crippen LogP contribution in [0.5, 0.6) is 5.75 Å². The van der Waals surface area contributed by atoms with Gasteiger partial charge in [-0.15, -0.1) is 0 Å². The molecular weight excluding hydrogens is 364 g/mol. The predicted octanol–water partition coefficient (Wildman–Crippen LogP) is 5.29. The first kappa shape index (κ1) is 18.6. The fraction of sp³-hybridized carbons (Fsp3) is 0.130. The summed E-state index contributed by atoms with van der Waals surface area (Å²) in [4.78, 5) is 16.9. The van der Waals surface area contributed by atoms with E-state index in [-0.39, 0.29) is 6.03 Å². The number of amides is 2. The van der Waals surface area contributed by atoms with Crippen LogP contribution < -0.4 is 15.4 Å². The molecule has 0 saturated heterocycles. The van der Waals surface area contributed by atoms with Crippen molar-refractivity contribution >= 4 is 28.3 Å². The van der Waals surface area contributed by atoms with Gasteiger partial charge in [-0.25, -0.2) is 4.79 Å². The average molecular weight is 386 g/mol. The van der Waals surface area contributed by atoms with Gasteiger partial charge in [0.05, 0.1) is 29.7 Å². The fourth-order valence-corrected chi connectivity index (χ4v) is 3.28. The number of urea groups is 1. The number of ether oxygens (including phenoxy) is 1. The van der Waals surface area contributed by atoms with E-state index < -0.39 is 0 Å². The molecule has 0 atom stereocenters. The van der Waals surface area contributed by atoms with Crippen molar-refractivity contribution < 1.29 is 9.53 Å². The Morgan fingerprint density at radius 1 is 1.00 bits per heavy atom. The Morgan fingerprint density at radius 3 is 2.48 bits per heavy atom. The first-order valence-corrected chi connectivity index (χ1v) is 9.31. The molecule has 2 aromatic heterocycles. The molecule has 0 unspecified atom stereocenters. The average Bonchev–Trinajstić information content (AvgIpc) is 3.09. The minimum atomic E-state index is -0.307. The molecule has 0 aliphatic rings. The summed E-state index contributed by atoms with van der Waals surface area (Å²) in [6, 6.07) is 17.3. The molecule has 0 spiro atoms. The van der Waals surface area contributed by atoms with Crippen molar-refractivity contribution in [3.05, 3.63) is 78.2 Å². The third-order valence-electron chi connectivity index (χ3n) is 4.78. The highest BCUT2D eigenvalue weighted by Crippen LogP contribution is 2.29. The van der Waals surface area contributed by atoms with Gasteiger partial charge in [0.25, 0.3) is 0 Å². The van der Waals surface area contributed by atoms with Crippen molar-refractivity contribution in [1.29, 1.82) is 0 Å². The highest BCUT2D eigenvalue weighted by Gasteiger charge is 2.13. The van der Waals surface area contributed by atoms with Gasteiger partial charge in [-0.2, -0.15) is 0 Å². The number of pyridine rings is 1. The SMILES string of the molecule is COc1ccc(-n2cc(NC(=O)Nc3cc(C)cnc3C)c3ccccc32)cc1. The third-order valence-corrected chi connectivity index (χ3v) is 4.78. The number of rotatable bonds is 4. The number of carbonyl (C=O) groups is 1. The van der Waals surface area contributed by atoms with Gasteiger partial charge in [-0.3, -0.25) is 4.98 Å². The van der Waals surface area contributed by atoms with Crippen LogP contribution in [0.15, 0.2) is 67.0 Å². The third kappa shape index (κ3) is 3.78. The second-order valence-corrected chi connectivity index (χ2v) is 6.85. The molecule has 2 aromatic carbocycles. The van der Waals surface area contributed by atoms with Crippen molar-refractivity contribution in [2.45, 2.75) is 13.8 Å². The quantitative estimate of drug-likeness (QED) is 0.500. The second-order valence-electron chi connectivity index (χ2n) is 6.85. The van der Waals surface area contributed by atoms with Crippen LogP contribution in [0.1, 0.15) is 11.3 Å². The molecule has 2 amide bonds. The summed E-state index contributed by atoms with van der Waals surface area (Å²) >= 11 is 0. The number of methoxy groups -OCH3 is 1. The number of benzene rings is 2. The first-order valence-electron chi connectivity index (χ1n) is 9.31. The Bertz CT molecular complexity index is 1180. The van der Waals surface area contributed by atoms with Crippen LogP contribution in [-0.2, 0) is 0 Å². The van der Waals surface area contributed by atoms with E-state index in [1.165, 1.54) is 0 Å². The van der Waals surface area contributed by atoms with Gasteiger partial charge < -0.3 is 19.9 Å². The fourth-order valence-electron chi connectivity index (χ4n) is 3.28. The molecule has 0 radical (unpaired) electrons. The van der Waals surface area contributed by atoms with Gasteiger partial charge in [0.2, 0.25) is 0 Å². The molecule has 0 saturated carbocycles. The molecule has 0 aliphatic heterocycles. The largest absolute Gasteiger partial charge is 0.497 e. The lowest BCUT2D eigenvalue weighted by Crippen LogP contribution is -2.20. The maximum absolute atomic E-state index is 12.6. The standard InChI is InChI=1S/C23H22N4O2/c1-15-12-20(16(2)24-13-15)25-23(28)26-21-14-27(22-7-5-4-6-19(21)22)17-8-10-18(29-3)11-9-17/h4-14H,1-3H3,(H2,25,26,28). The van der Waals surface area contributed by atoms with E-state index in [1.807, 2.05) is 79.2 Å². The first-order chi connectivity index (χ1) is 14.0. The van der Waals surface area contributed by atoms with Crippen LogP contribution in [0.2, 0.25) is 0 Å². The second kappa shape index (κ2) is 7.67. The Balaban J connectivity index is 1.65. The number of nitrogens with one attached hydrogen (secondary N) is 2. The molecule has 0 bridgehead atoms. The number of hydrogen-bond acceptors (Lipinski definition) is 3. The lowest BCUT2D eigenvalue weighted by molar-refractivity contribution is 0.262. The van der Waals surface area contributed by atoms with Gasteiger partial charge >= 0.3 is 6.03 Å². The summed E-state index contributed by atoms with van der Waals surface area (Å²) in [6.45, 7) is 3.81. The lowest BCUT2D eigenvalue weighted by Gasteiger charge is -2.09. The number of fused-ring (bicyclic) bond motifs is 1. The van der Waals surface area contributed by atoms with E-state index in [2.05, 4.69) is 15.6 Å². The van der Waals surface area contributed by atoms with Crippen LogP contribution in [0.25, 0.3) is 16.6 Å². The zero-order valence-electron chi connectivity index (χ0n) is 16.6. The summed E-state index contributed by atoms with van der Waals surface area (Å²) < 4.78 is 7.29. The molecule has 2 N–H and O–H groups in total. The summed E-state index contributed by atoms with van der Waals surface area (Å²) in [5.74, 6) is 0.796. The van der Waals surface area contributed by atoms with Crippen molar-refractivity contribution in [2.75, 3.05) is 17.7 Å². The van der Waals surface area contributed by atoms with Gasteiger partial charge in [-0.1, -0.05) is 18.2 Å². The van der Waals surface area contributed by atoms with E-state index in [0.29, 0.717) is 5.69 Å². The van der Waals surface area contributed by atoms with Crippen LogP contribution >= 0.6 is 0 Å². The molecule has 0 fully saturated rings. The number of para-hydroxylation sites is 1. The predicted molar refractivity (Wildman–Crippen MR) is 116 cm³/mol. The summed E-state index contributed by atoms with van der Waals surface area (Å²) in [5, 5.41) is 6.82. The van der Waals surface area contributed by atoms with Gasteiger partial charge in [0.15, 0.2) is 0 Å². The van der Waals surface area contributed by atoms with Crippen LogP contribution in [0, 0.1) is 13.8 Å². The lowest BCUT2D eigenvalue weighted by atomic mass is 10.2. The van der Waals surface area contributed by atoms with Crippen LogP contribution in [0.4, 0.5) is 16.2 Å². The molecule has 6 nitrogen and oxygen atoms in total. The topological polar surface area (TPSA) is 68.2 Å². The molecule has 29 heavy (non-hydrogen) atoms. The van der Waals surface area contributed by atoms with Gasteiger partial charge in [-0.05, 0) is 55.8 Å². The van der Waals surface area contributed by atoms with E-state index in [0.717, 1.165) is 39.3 Å². The van der Waals surface area contributed by atoms with Crippen molar-refractivity contribution in [1.82, 2.24) is 9.55 Å². The number of aryl methyl sites for hydroxylation is 2. The molecular formula is C23H22N4O2. The van der Waals surface area contributed by atoms with Crippen LogP contribution in [-0.4, -0.2) is 22.7 Å². The Hall–Kier alpha value is -3.80. The highest BCUT2D eigenvalue weighted by molar-refractivity contribution is 6.06. The van der Waals surface area contributed by atoms with Crippen molar-refractivity contribution in [3.63, 3.8) is 0 Å². The van der Waals surface area contributed by atoms with E-state index in [9.17, 15) is 4.79 Å². The normalized spacial score (nSPS) is 10.7. The van der Waals surface area contributed by atoms with Crippen molar-refractivity contribution in [3.8, 4) is 11.4 Å². The molecule has 0 aliphatic carbocycles. The minimum Gasteiger partial charge on any atom is -0.497 e. The summed E-state index contributed by atoms with van der Waals surface area (Å²) in [5.41, 5.74) is 5.16. The molecule has 6 heteroatoms. The number of hydrogen-bond donors (Lipinski definition) is 2. The smallest absolute Gasteiger partial charge is 0.323 e. The summed E-state index contributed by atoms with van der Waals surface area (Å²) in [6.07, 6.45) is 3.70. The van der Waals surface area contributed by atoms with Gasteiger partial charge in [0, 0.05) is 23.5 Å². The molecule has 4 aromatic rings. The number of anilines is 2. The number of carbonyl (C=O) groups excluding carboxylic acids is 1. The zero-order chi connectivity index (χ0) is 20.4. The van der Waals surface area contributed by atoms with Gasteiger partial charge in [0.1, 0.15) is 5.75 Å². The van der Waals surface area contributed by atoms with Crippen molar-refractivity contribution in [2.24, 2.45) is 0 Å². The van der Waals surface area contributed by atoms with E-state index >= 15 is 0 Å². The number of nitrogens with zero attached hydrogens (tertiary/aromatic N) is 2. The Labute approximate surface area is 169 Å². The summed E-state index contributed by atoms with van der Waals surface area (Å²) in [7, 11) is 1.65. The monoisotopic (exact) mass is 386 g/mol. The zero-order valence-corrected chi connectivity index (χ0v) is 16.6. The number of aromatic nitrogens is 2. The Kier molecular flexibility index (Phi) is 4.91. The molecule has 2 heterocycles. The highest BCUT2D eigenvalue weighted by atomic mass is 16.5. The van der Waals surface area contributed by atoms with E-state index in [1.54, 1.807) is 13.3 Å². The Morgan fingerprint density at radius 2 is 1.72 bits per heavy atom.